The monoisotopic (exact) mass is 600 g/mol. The van der Waals surface area contributed by atoms with Crippen LogP contribution in [0.5, 0.6) is 0 Å². The van der Waals surface area contributed by atoms with Crippen LogP contribution in [0.2, 0.25) is 5.02 Å². The second-order valence-corrected chi connectivity index (χ2v) is 12.3. The molecule has 43 heavy (non-hydrogen) atoms. The van der Waals surface area contributed by atoms with Crippen molar-refractivity contribution in [2.75, 3.05) is 45.8 Å². The smallest absolute Gasteiger partial charge is 0.226 e. The minimum atomic E-state index is -0.403. The molecule has 0 unspecified atom stereocenters. The third-order valence-electron chi connectivity index (χ3n) is 9.24. The molecule has 228 valence electrons. The van der Waals surface area contributed by atoms with Gasteiger partial charge in [0.2, 0.25) is 5.91 Å². The van der Waals surface area contributed by atoms with E-state index in [1.165, 1.54) is 16.7 Å². The number of piperazine rings is 1. The summed E-state index contributed by atoms with van der Waals surface area (Å²) in [5, 5.41) is 4.09. The maximum absolute atomic E-state index is 14.1. The van der Waals surface area contributed by atoms with E-state index in [0.29, 0.717) is 37.5 Å². The Labute approximate surface area is 262 Å². The molecule has 1 N–H and O–H groups in total. The van der Waals surface area contributed by atoms with Crippen LogP contribution >= 0.6 is 11.6 Å². The minimum Gasteiger partial charge on any atom is -0.340 e. The fourth-order valence-electron chi connectivity index (χ4n) is 6.56. The maximum Gasteiger partial charge on any atom is 0.226 e. The first-order valence-electron chi connectivity index (χ1n) is 15.8. The summed E-state index contributed by atoms with van der Waals surface area (Å²) >= 11 is 6.15. The van der Waals surface area contributed by atoms with Crippen LogP contribution in [0.3, 0.4) is 0 Å². The molecule has 7 heteroatoms. The van der Waals surface area contributed by atoms with Crippen molar-refractivity contribution in [1.29, 1.82) is 0 Å². The van der Waals surface area contributed by atoms with Gasteiger partial charge in [-0.3, -0.25) is 14.5 Å². The molecule has 1 saturated heterocycles. The number of ketones is 1. The second-order valence-electron chi connectivity index (χ2n) is 11.9. The Morgan fingerprint density at radius 3 is 2.21 bits per heavy atom. The topological polar surface area (TPSA) is 55.9 Å². The summed E-state index contributed by atoms with van der Waals surface area (Å²) in [5.74, 6) is -0.206. The van der Waals surface area contributed by atoms with E-state index in [0.717, 1.165) is 38.3 Å². The van der Waals surface area contributed by atoms with Gasteiger partial charge >= 0.3 is 0 Å². The van der Waals surface area contributed by atoms with Gasteiger partial charge in [-0.1, -0.05) is 92.2 Å². The standard InChI is InChI=1S/C36H45ClN4O2/c1-3-39(4-2)26-34(28-10-6-5-7-11-28)40-18-20-41(21-19-40)36(43)31(22-27-14-16-32(37)17-15-27)24-35(42)33-23-29-12-8-9-13-30(29)25-38-33/h5-17,31,33-34,38H,3-4,18-26H2,1-2H3/t31-,33+,34-/m0/s1. The van der Waals surface area contributed by atoms with E-state index < -0.39 is 5.92 Å². The molecule has 3 aromatic rings. The Morgan fingerprint density at radius 1 is 0.884 bits per heavy atom. The molecular weight excluding hydrogens is 556 g/mol. The lowest BCUT2D eigenvalue weighted by atomic mass is 9.87. The van der Waals surface area contributed by atoms with Crippen molar-refractivity contribution in [3.63, 3.8) is 0 Å². The summed E-state index contributed by atoms with van der Waals surface area (Å²) in [6, 6.07) is 26.7. The van der Waals surface area contributed by atoms with Gasteiger partial charge in [-0.15, -0.1) is 0 Å². The lowest BCUT2D eigenvalue weighted by molar-refractivity contribution is -0.140. The van der Waals surface area contributed by atoms with Gasteiger partial charge in [0.1, 0.15) is 0 Å². The number of fused-ring (bicyclic) bond motifs is 1. The Kier molecular flexibility index (Phi) is 11.0. The number of hydrogen-bond donors (Lipinski definition) is 1. The zero-order valence-corrected chi connectivity index (χ0v) is 26.3. The van der Waals surface area contributed by atoms with Gasteiger partial charge in [-0.25, -0.2) is 0 Å². The van der Waals surface area contributed by atoms with Crippen LogP contribution in [0.15, 0.2) is 78.9 Å². The van der Waals surface area contributed by atoms with Gasteiger partial charge in [0.25, 0.3) is 0 Å². The minimum absolute atomic E-state index is 0.0826. The molecule has 2 aliphatic rings. The number of amides is 1. The van der Waals surface area contributed by atoms with E-state index in [1.54, 1.807) is 0 Å². The number of likely N-dealkylation sites (N-methyl/N-ethyl adjacent to an activating group) is 1. The Balaban J connectivity index is 1.27. The second kappa shape index (κ2) is 15.1. The molecule has 6 nitrogen and oxygen atoms in total. The number of nitrogens with zero attached hydrogens (tertiary/aromatic N) is 3. The van der Waals surface area contributed by atoms with Gasteiger partial charge < -0.3 is 15.1 Å². The van der Waals surface area contributed by atoms with Crippen molar-refractivity contribution in [3.05, 3.63) is 106 Å². The van der Waals surface area contributed by atoms with Gasteiger partial charge in [0.15, 0.2) is 5.78 Å². The van der Waals surface area contributed by atoms with Gasteiger partial charge in [0.05, 0.1) is 6.04 Å². The van der Waals surface area contributed by atoms with Gasteiger partial charge in [-0.05, 0) is 60.3 Å². The zero-order valence-electron chi connectivity index (χ0n) is 25.6. The van der Waals surface area contributed by atoms with Crippen molar-refractivity contribution in [2.24, 2.45) is 5.92 Å². The SMILES string of the molecule is CCN(CC)C[C@@H](c1ccccc1)N1CCN(C(=O)[C@H](CC(=O)[C@H]2Cc3ccccc3CN2)Cc2ccc(Cl)cc2)CC1. The van der Waals surface area contributed by atoms with Crippen LogP contribution in [0.25, 0.3) is 0 Å². The number of rotatable bonds is 12. The lowest BCUT2D eigenvalue weighted by Crippen LogP contribution is -2.53. The molecule has 5 rings (SSSR count). The van der Waals surface area contributed by atoms with Crippen LogP contribution in [0.4, 0.5) is 0 Å². The molecule has 0 spiro atoms. The average molecular weight is 601 g/mol. The van der Waals surface area contributed by atoms with Crippen molar-refractivity contribution < 1.29 is 9.59 Å². The molecule has 1 fully saturated rings. The van der Waals surface area contributed by atoms with Crippen molar-refractivity contribution in [1.82, 2.24) is 20.0 Å². The quantitative estimate of drug-likeness (QED) is 0.302. The molecule has 0 radical (unpaired) electrons. The number of benzene rings is 3. The fourth-order valence-corrected chi connectivity index (χ4v) is 6.69. The molecular formula is C36H45ClN4O2. The van der Waals surface area contributed by atoms with Crippen LogP contribution in [-0.2, 0) is 29.0 Å². The van der Waals surface area contributed by atoms with Crippen molar-refractivity contribution in [2.45, 2.75) is 51.7 Å². The number of Topliss-reactive ketones (excluding diaryl/α,β-unsaturated/α-hetero) is 1. The van der Waals surface area contributed by atoms with Gasteiger partial charge in [-0.2, -0.15) is 0 Å². The number of halogens is 1. The molecule has 3 aromatic carbocycles. The van der Waals surface area contributed by atoms with Crippen LogP contribution in [-0.4, -0.2) is 78.2 Å². The Bertz CT molecular complexity index is 1340. The van der Waals surface area contributed by atoms with Crippen LogP contribution in [0.1, 0.15) is 48.6 Å². The van der Waals surface area contributed by atoms with Crippen molar-refractivity contribution >= 4 is 23.3 Å². The Morgan fingerprint density at radius 2 is 1.53 bits per heavy atom. The highest BCUT2D eigenvalue weighted by Gasteiger charge is 2.34. The van der Waals surface area contributed by atoms with Crippen LogP contribution in [0, 0.1) is 5.92 Å². The molecule has 0 bridgehead atoms. The Hall–Kier alpha value is -3.03. The summed E-state index contributed by atoms with van der Waals surface area (Å²) in [6.07, 6.45) is 1.43. The van der Waals surface area contributed by atoms with E-state index >= 15 is 0 Å². The normalized spacial score (nSPS) is 18.7. The van der Waals surface area contributed by atoms with E-state index in [2.05, 4.69) is 71.4 Å². The number of nitrogens with one attached hydrogen (secondary N) is 1. The molecule has 0 aromatic heterocycles. The molecule has 1 amide bonds. The number of hydrogen-bond acceptors (Lipinski definition) is 5. The largest absolute Gasteiger partial charge is 0.340 e. The molecule has 3 atom stereocenters. The van der Waals surface area contributed by atoms with Gasteiger partial charge in [0, 0.05) is 62.7 Å². The van der Waals surface area contributed by atoms with E-state index in [-0.39, 0.29) is 30.2 Å². The molecule has 0 aliphatic carbocycles. The highest BCUT2D eigenvalue weighted by Crippen LogP contribution is 2.26. The first-order valence-corrected chi connectivity index (χ1v) is 16.2. The van der Waals surface area contributed by atoms with E-state index in [4.69, 9.17) is 11.6 Å². The first kappa shape index (κ1) is 31.4. The summed E-state index contributed by atoms with van der Waals surface area (Å²) < 4.78 is 0. The highest BCUT2D eigenvalue weighted by molar-refractivity contribution is 6.30. The summed E-state index contributed by atoms with van der Waals surface area (Å²) in [5.41, 5.74) is 4.81. The fraction of sp³-hybridized carbons (Fsp3) is 0.444. The maximum atomic E-state index is 14.1. The summed E-state index contributed by atoms with van der Waals surface area (Å²) in [7, 11) is 0. The van der Waals surface area contributed by atoms with E-state index in [9.17, 15) is 9.59 Å². The van der Waals surface area contributed by atoms with Crippen molar-refractivity contribution in [3.8, 4) is 0 Å². The summed E-state index contributed by atoms with van der Waals surface area (Å²) in [6.45, 7) is 11.1. The molecule has 2 heterocycles. The highest BCUT2D eigenvalue weighted by atomic mass is 35.5. The average Bonchev–Trinajstić information content (AvgIpc) is 3.06. The molecule has 2 aliphatic heterocycles. The third kappa shape index (κ3) is 8.12. The summed E-state index contributed by atoms with van der Waals surface area (Å²) in [4.78, 5) is 34.7. The van der Waals surface area contributed by atoms with Crippen LogP contribution < -0.4 is 5.32 Å². The lowest BCUT2D eigenvalue weighted by Gasteiger charge is -2.42. The zero-order chi connectivity index (χ0) is 30.2. The first-order chi connectivity index (χ1) is 20.9. The molecule has 0 saturated carbocycles. The van der Waals surface area contributed by atoms with E-state index in [1.807, 2.05) is 41.3 Å². The number of carbonyl (C=O) groups excluding carboxylic acids is 2. The predicted molar refractivity (Wildman–Crippen MR) is 174 cm³/mol. The predicted octanol–water partition coefficient (Wildman–Crippen LogP) is 5.40. The third-order valence-corrected chi connectivity index (χ3v) is 9.49. The number of carbonyl (C=O) groups is 2.